The average Bonchev–Trinajstić information content (AvgIpc) is 2.83. The predicted octanol–water partition coefficient (Wildman–Crippen LogP) is 4.74. The molecule has 0 unspecified atom stereocenters. The maximum absolute atomic E-state index is 14.3. The summed E-state index contributed by atoms with van der Waals surface area (Å²) in [7, 11) is 1.41. The Morgan fingerprint density at radius 2 is 1.50 bits per heavy atom. The number of hydrogen-bond acceptors (Lipinski definition) is 3. The van der Waals surface area contributed by atoms with E-state index in [2.05, 4.69) is 0 Å². The molecule has 20 heavy (non-hydrogen) atoms. The number of ether oxygens (including phenoxy) is 2. The van der Waals surface area contributed by atoms with Gasteiger partial charge in [-0.05, 0) is 31.2 Å². The van der Waals surface area contributed by atoms with Crippen molar-refractivity contribution in [3.05, 3.63) is 35.9 Å². The van der Waals surface area contributed by atoms with Crippen molar-refractivity contribution >= 4 is 31.5 Å². The predicted molar refractivity (Wildman–Crippen MR) is 77.0 cm³/mol. The van der Waals surface area contributed by atoms with E-state index in [4.69, 9.17) is 9.47 Å². The smallest absolute Gasteiger partial charge is 0.182 e. The molecule has 0 radical (unpaired) electrons. The van der Waals surface area contributed by atoms with E-state index in [1.807, 2.05) is 0 Å². The molecule has 0 spiro atoms. The second-order valence-electron chi connectivity index (χ2n) is 4.25. The molecule has 104 valence electrons. The van der Waals surface area contributed by atoms with Crippen LogP contribution in [0.5, 0.6) is 11.5 Å². The SMILES string of the molecule is CCOc1ccc2c(sc3c(F)c(OC)ccc32)c1F. The molecule has 5 heteroatoms. The van der Waals surface area contributed by atoms with Crippen LogP contribution in [0.15, 0.2) is 24.3 Å². The Bertz CT molecular complexity index is 796. The molecule has 2 nitrogen and oxygen atoms in total. The van der Waals surface area contributed by atoms with Gasteiger partial charge < -0.3 is 9.47 Å². The minimum Gasteiger partial charge on any atom is -0.494 e. The summed E-state index contributed by atoms with van der Waals surface area (Å²) in [5.74, 6) is -0.541. The molecule has 3 rings (SSSR count). The zero-order chi connectivity index (χ0) is 14.3. The molecular formula is C15H12F2O2S. The van der Waals surface area contributed by atoms with E-state index in [0.717, 1.165) is 11.3 Å². The zero-order valence-corrected chi connectivity index (χ0v) is 11.8. The van der Waals surface area contributed by atoms with Gasteiger partial charge in [0.1, 0.15) is 0 Å². The molecule has 0 bridgehead atoms. The van der Waals surface area contributed by atoms with Crippen molar-refractivity contribution in [3.8, 4) is 11.5 Å². The van der Waals surface area contributed by atoms with Gasteiger partial charge in [-0.2, -0.15) is 0 Å². The van der Waals surface area contributed by atoms with E-state index in [1.54, 1.807) is 31.2 Å². The minimum atomic E-state index is -0.455. The van der Waals surface area contributed by atoms with Gasteiger partial charge in [0.25, 0.3) is 0 Å². The molecule has 0 aliphatic rings. The van der Waals surface area contributed by atoms with Gasteiger partial charge in [-0.25, -0.2) is 8.78 Å². The summed E-state index contributed by atoms with van der Waals surface area (Å²) >= 11 is 1.07. The lowest BCUT2D eigenvalue weighted by Crippen LogP contribution is -1.93. The van der Waals surface area contributed by atoms with Crippen LogP contribution in [0.4, 0.5) is 8.78 Å². The standard InChI is InChI=1S/C15H12F2O2S/c1-3-19-11-7-5-9-8-4-6-10(18-2)12(16)14(8)20-15(9)13(11)17/h4-7H,3H2,1-2H3. The molecule has 0 fully saturated rings. The fraction of sp³-hybridized carbons (Fsp3) is 0.200. The third-order valence-electron chi connectivity index (χ3n) is 3.14. The first-order valence-electron chi connectivity index (χ1n) is 6.17. The Morgan fingerprint density at radius 3 is 2.05 bits per heavy atom. The first-order chi connectivity index (χ1) is 9.67. The van der Waals surface area contributed by atoms with Gasteiger partial charge in [-0.1, -0.05) is 0 Å². The Kier molecular flexibility index (Phi) is 3.22. The molecule has 0 N–H and O–H groups in total. The second kappa shape index (κ2) is 4.90. The Balaban J connectivity index is 2.35. The van der Waals surface area contributed by atoms with Crippen molar-refractivity contribution in [2.75, 3.05) is 13.7 Å². The highest BCUT2D eigenvalue weighted by Gasteiger charge is 2.17. The maximum Gasteiger partial charge on any atom is 0.182 e. The summed E-state index contributed by atoms with van der Waals surface area (Å²) in [6, 6.07) is 6.64. The molecule has 0 aliphatic heterocycles. The maximum atomic E-state index is 14.3. The Labute approximate surface area is 118 Å². The van der Waals surface area contributed by atoms with Crippen molar-refractivity contribution in [1.29, 1.82) is 0 Å². The fourth-order valence-corrected chi connectivity index (χ4v) is 3.39. The van der Waals surface area contributed by atoms with Crippen LogP contribution in [-0.4, -0.2) is 13.7 Å². The molecular weight excluding hydrogens is 282 g/mol. The van der Waals surface area contributed by atoms with E-state index < -0.39 is 11.6 Å². The van der Waals surface area contributed by atoms with Gasteiger partial charge in [0.2, 0.25) is 0 Å². The summed E-state index contributed by atoms with van der Waals surface area (Å²) in [5.41, 5.74) is 0. The Hall–Kier alpha value is -1.88. The molecule has 0 aliphatic carbocycles. The van der Waals surface area contributed by atoms with E-state index >= 15 is 0 Å². The summed E-state index contributed by atoms with van der Waals surface area (Å²) in [6.45, 7) is 2.18. The van der Waals surface area contributed by atoms with Crippen LogP contribution < -0.4 is 9.47 Å². The lowest BCUT2D eigenvalue weighted by atomic mass is 10.1. The van der Waals surface area contributed by atoms with Gasteiger partial charge in [0.15, 0.2) is 23.1 Å². The highest BCUT2D eigenvalue weighted by molar-refractivity contribution is 7.25. The van der Waals surface area contributed by atoms with Crippen molar-refractivity contribution in [3.63, 3.8) is 0 Å². The second-order valence-corrected chi connectivity index (χ2v) is 5.27. The number of benzene rings is 2. The molecule has 0 atom stereocenters. The third kappa shape index (κ3) is 1.81. The first-order valence-corrected chi connectivity index (χ1v) is 6.99. The Morgan fingerprint density at radius 1 is 0.950 bits per heavy atom. The van der Waals surface area contributed by atoms with Gasteiger partial charge in [-0.15, -0.1) is 11.3 Å². The van der Waals surface area contributed by atoms with Crippen molar-refractivity contribution < 1.29 is 18.3 Å². The summed E-state index contributed by atoms with van der Waals surface area (Å²) in [5, 5.41) is 1.37. The summed E-state index contributed by atoms with van der Waals surface area (Å²) in [4.78, 5) is 0. The number of thiophene rings is 1. The largest absolute Gasteiger partial charge is 0.494 e. The summed E-state index contributed by atoms with van der Waals surface area (Å²) < 4.78 is 39.5. The topological polar surface area (TPSA) is 18.5 Å². The highest BCUT2D eigenvalue weighted by atomic mass is 32.1. The quantitative estimate of drug-likeness (QED) is 0.694. The van der Waals surface area contributed by atoms with Gasteiger partial charge in [0.05, 0.1) is 23.1 Å². The zero-order valence-electron chi connectivity index (χ0n) is 11.0. The van der Waals surface area contributed by atoms with Crippen LogP contribution in [-0.2, 0) is 0 Å². The van der Waals surface area contributed by atoms with Crippen LogP contribution in [0.3, 0.4) is 0 Å². The molecule has 0 saturated heterocycles. The minimum absolute atomic E-state index is 0.162. The number of fused-ring (bicyclic) bond motifs is 3. The van der Waals surface area contributed by atoms with Crippen LogP contribution in [0.1, 0.15) is 6.92 Å². The lowest BCUT2D eigenvalue weighted by Gasteiger charge is -2.04. The van der Waals surface area contributed by atoms with Crippen molar-refractivity contribution in [2.45, 2.75) is 6.92 Å². The number of rotatable bonds is 3. The van der Waals surface area contributed by atoms with Crippen LogP contribution in [0.25, 0.3) is 20.2 Å². The van der Waals surface area contributed by atoms with Gasteiger partial charge in [0, 0.05) is 10.8 Å². The van der Waals surface area contributed by atoms with E-state index in [0.29, 0.717) is 26.8 Å². The highest BCUT2D eigenvalue weighted by Crippen LogP contribution is 2.41. The van der Waals surface area contributed by atoms with Crippen LogP contribution in [0.2, 0.25) is 0 Å². The van der Waals surface area contributed by atoms with Crippen LogP contribution in [0, 0.1) is 11.6 Å². The number of hydrogen-bond donors (Lipinski definition) is 0. The van der Waals surface area contributed by atoms with Gasteiger partial charge in [-0.3, -0.25) is 0 Å². The number of halogens is 2. The lowest BCUT2D eigenvalue weighted by molar-refractivity contribution is 0.323. The van der Waals surface area contributed by atoms with E-state index in [9.17, 15) is 8.78 Å². The van der Waals surface area contributed by atoms with Crippen molar-refractivity contribution in [2.24, 2.45) is 0 Å². The molecule has 1 heterocycles. The molecule has 2 aromatic carbocycles. The molecule has 3 aromatic rings. The normalized spacial score (nSPS) is 11.2. The molecule has 0 amide bonds. The average molecular weight is 294 g/mol. The summed E-state index contributed by atoms with van der Waals surface area (Å²) in [6.07, 6.45) is 0. The van der Waals surface area contributed by atoms with Gasteiger partial charge >= 0.3 is 0 Å². The fourth-order valence-electron chi connectivity index (χ4n) is 2.23. The third-order valence-corrected chi connectivity index (χ3v) is 4.34. The van der Waals surface area contributed by atoms with E-state index in [-0.39, 0.29) is 11.5 Å². The first kappa shape index (κ1) is 13.1. The molecule has 1 aromatic heterocycles. The van der Waals surface area contributed by atoms with Crippen molar-refractivity contribution in [1.82, 2.24) is 0 Å². The molecule has 0 saturated carbocycles. The monoisotopic (exact) mass is 294 g/mol. The number of methoxy groups -OCH3 is 1. The van der Waals surface area contributed by atoms with E-state index in [1.165, 1.54) is 7.11 Å². The van der Waals surface area contributed by atoms with Crippen LogP contribution >= 0.6 is 11.3 Å².